The molecule has 0 unspecified atom stereocenters. The van der Waals surface area contributed by atoms with Crippen molar-refractivity contribution in [1.29, 1.82) is 5.26 Å². The van der Waals surface area contributed by atoms with E-state index in [4.69, 9.17) is 5.26 Å². The maximum Gasteiger partial charge on any atom is 0.126 e. The Bertz CT molecular complexity index is 337. The Morgan fingerprint density at radius 3 is 2.36 bits per heavy atom. The van der Waals surface area contributed by atoms with Gasteiger partial charge in [-0.1, -0.05) is 0 Å². The van der Waals surface area contributed by atoms with Crippen LogP contribution in [0.1, 0.15) is 5.56 Å². The highest BCUT2D eigenvalue weighted by atomic mass is 19.1. The molecule has 0 aliphatic carbocycles. The van der Waals surface area contributed by atoms with Gasteiger partial charge in [0, 0.05) is 12.6 Å². The molecule has 0 aliphatic rings. The number of hydrogen-bond acceptors (Lipinski definition) is 2. The van der Waals surface area contributed by atoms with Crippen LogP contribution in [-0.2, 0) is 6.54 Å². The first-order valence-corrected chi connectivity index (χ1v) is 4.12. The van der Waals surface area contributed by atoms with Crippen molar-refractivity contribution in [2.24, 2.45) is 0 Å². The molecule has 4 heteroatoms. The Hall–Kier alpha value is -1.47. The van der Waals surface area contributed by atoms with E-state index in [0.717, 1.165) is 6.07 Å². The molecule has 0 radical (unpaired) electrons. The minimum absolute atomic E-state index is 0.234. The minimum atomic E-state index is -0.592. The SMILES string of the molecule is CN(CC#N)Cc1cc(F)cc(F)c1. The molecule has 14 heavy (non-hydrogen) atoms. The molecule has 1 aromatic rings. The lowest BCUT2D eigenvalue weighted by Gasteiger charge is -2.12. The van der Waals surface area contributed by atoms with Crippen LogP contribution in [-0.4, -0.2) is 18.5 Å². The lowest BCUT2D eigenvalue weighted by atomic mass is 10.2. The van der Waals surface area contributed by atoms with Gasteiger partial charge < -0.3 is 0 Å². The molecule has 2 nitrogen and oxygen atoms in total. The molecule has 0 atom stereocenters. The molecule has 0 amide bonds. The molecule has 0 bridgehead atoms. The fourth-order valence-corrected chi connectivity index (χ4v) is 1.19. The predicted molar refractivity (Wildman–Crippen MR) is 48.3 cm³/mol. The standard InChI is InChI=1S/C10H10F2N2/c1-14(3-2-13)7-8-4-9(11)6-10(12)5-8/h4-6H,3,7H2,1H3. The van der Waals surface area contributed by atoms with Crippen molar-refractivity contribution in [2.75, 3.05) is 13.6 Å². The average Bonchev–Trinajstić information content (AvgIpc) is 2.01. The highest BCUT2D eigenvalue weighted by molar-refractivity contribution is 5.17. The Morgan fingerprint density at radius 1 is 1.29 bits per heavy atom. The molecule has 74 valence electrons. The third kappa shape index (κ3) is 3.11. The summed E-state index contributed by atoms with van der Waals surface area (Å²) in [6.45, 7) is 0.598. The minimum Gasteiger partial charge on any atom is -0.289 e. The smallest absolute Gasteiger partial charge is 0.126 e. The Labute approximate surface area is 81.4 Å². The fourth-order valence-electron chi connectivity index (χ4n) is 1.19. The first kappa shape index (κ1) is 10.6. The Morgan fingerprint density at radius 2 is 1.86 bits per heavy atom. The van der Waals surface area contributed by atoms with E-state index in [1.807, 2.05) is 6.07 Å². The molecular weight excluding hydrogens is 186 g/mol. The lowest BCUT2D eigenvalue weighted by Crippen LogP contribution is -2.17. The number of nitrogens with zero attached hydrogens (tertiary/aromatic N) is 2. The molecule has 0 aliphatic heterocycles. The number of benzene rings is 1. The third-order valence-electron chi connectivity index (χ3n) is 1.72. The van der Waals surface area contributed by atoms with Crippen LogP contribution in [0.4, 0.5) is 8.78 Å². The molecule has 0 fully saturated rings. The molecule has 0 heterocycles. The summed E-state index contributed by atoms with van der Waals surface area (Å²) < 4.78 is 25.5. The van der Waals surface area contributed by atoms with E-state index in [9.17, 15) is 8.78 Å². The van der Waals surface area contributed by atoms with E-state index >= 15 is 0 Å². The first-order valence-electron chi connectivity index (χ1n) is 4.12. The predicted octanol–water partition coefficient (Wildman–Crippen LogP) is 1.92. The van der Waals surface area contributed by atoms with Crippen molar-refractivity contribution in [1.82, 2.24) is 4.90 Å². The second kappa shape index (κ2) is 4.68. The van der Waals surface area contributed by atoms with Gasteiger partial charge in [-0.2, -0.15) is 5.26 Å². The van der Waals surface area contributed by atoms with Crippen molar-refractivity contribution in [2.45, 2.75) is 6.54 Å². The third-order valence-corrected chi connectivity index (χ3v) is 1.72. The molecular formula is C10H10F2N2. The van der Waals surface area contributed by atoms with Crippen molar-refractivity contribution in [3.8, 4) is 6.07 Å². The maximum atomic E-state index is 12.7. The zero-order chi connectivity index (χ0) is 10.6. The van der Waals surface area contributed by atoms with Crippen molar-refractivity contribution in [3.63, 3.8) is 0 Å². The molecule has 0 aromatic heterocycles. The highest BCUT2D eigenvalue weighted by Gasteiger charge is 2.03. The van der Waals surface area contributed by atoms with Gasteiger partial charge in [-0.3, -0.25) is 4.90 Å². The topological polar surface area (TPSA) is 27.0 Å². The van der Waals surface area contributed by atoms with E-state index in [-0.39, 0.29) is 6.54 Å². The van der Waals surface area contributed by atoms with Crippen LogP contribution in [0.3, 0.4) is 0 Å². The quantitative estimate of drug-likeness (QED) is 0.690. The summed E-state index contributed by atoms with van der Waals surface area (Å²) in [7, 11) is 1.71. The second-order valence-corrected chi connectivity index (χ2v) is 3.11. The largest absolute Gasteiger partial charge is 0.289 e. The number of hydrogen-bond donors (Lipinski definition) is 0. The van der Waals surface area contributed by atoms with Gasteiger partial charge in [0.15, 0.2) is 0 Å². The van der Waals surface area contributed by atoms with Gasteiger partial charge in [0.2, 0.25) is 0 Å². The van der Waals surface area contributed by atoms with Gasteiger partial charge in [0.1, 0.15) is 11.6 Å². The zero-order valence-corrected chi connectivity index (χ0v) is 7.80. The summed E-state index contributed by atoms with van der Waals surface area (Å²) >= 11 is 0. The van der Waals surface area contributed by atoms with Crippen LogP contribution in [0, 0.1) is 23.0 Å². The van der Waals surface area contributed by atoms with E-state index < -0.39 is 11.6 Å². The second-order valence-electron chi connectivity index (χ2n) is 3.11. The fraction of sp³-hybridized carbons (Fsp3) is 0.300. The zero-order valence-electron chi connectivity index (χ0n) is 7.80. The maximum absolute atomic E-state index is 12.7. The highest BCUT2D eigenvalue weighted by Crippen LogP contribution is 2.09. The normalized spacial score (nSPS) is 10.2. The van der Waals surface area contributed by atoms with Crippen LogP contribution in [0.15, 0.2) is 18.2 Å². The van der Waals surface area contributed by atoms with Gasteiger partial charge in [-0.15, -0.1) is 0 Å². The van der Waals surface area contributed by atoms with E-state index in [1.165, 1.54) is 12.1 Å². The van der Waals surface area contributed by atoms with Gasteiger partial charge in [0.25, 0.3) is 0 Å². The molecule has 1 rings (SSSR count). The molecule has 0 N–H and O–H groups in total. The van der Waals surface area contributed by atoms with Crippen LogP contribution in [0.5, 0.6) is 0 Å². The van der Waals surface area contributed by atoms with Gasteiger partial charge in [0.05, 0.1) is 12.6 Å². The van der Waals surface area contributed by atoms with Crippen molar-refractivity contribution in [3.05, 3.63) is 35.4 Å². The van der Waals surface area contributed by atoms with E-state index in [1.54, 1.807) is 11.9 Å². The summed E-state index contributed by atoms with van der Waals surface area (Å²) in [5.74, 6) is -1.18. The average molecular weight is 196 g/mol. The summed E-state index contributed by atoms with van der Waals surface area (Å²) in [5, 5.41) is 8.38. The Balaban J connectivity index is 2.72. The number of halogens is 2. The summed E-state index contributed by atoms with van der Waals surface area (Å²) in [5.41, 5.74) is 0.528. The molecule has 1 aromatic carbocycles. The van der Waals surface area contributed by atoms with Crippen LogP contribution in [0.2, 0.25) is 0 Å². The lowest BCUT2D eigenvalue weighted by molar-refractivity contribution is 0.365. The van der Waals surface area contributed by atoms with Crippen molar-refractivity contribution >= 4 is 0 Å². The molecule has 0 spiro atoms. The van der Waals surface area contributed by atoms with Crippen LogP contribution < -0.4 is 0 Å². The first-order chi connectivity index (χ1) is 6.61. The number of nitriles is 1. The Kier molecular flexibility index (Phi) is 3.55. The van der Waals surface area contributed by atoms with Crippen LogP contribution >= 0.6 is 0 Å². The number of rotatable bonds is 3. The van der Waals surface area contributed by atoms with E-state index in [2.05, 4.69) is 0 Å². The van der Waals surface area contributed by atoms with Crippen molar-refractivity contribution < 1.29 is 8.78 Å². The summed E-state index contributed by atoms with van der Waals surface area (Å²) in [6.07, 6.45) is 0. The van der Waals surface area contributed by atoms with Gasteiger partial charge >= 0.3 is 0 Å². The molecule has 0 saturated carbocycles. The van der Waals surface area contributed by atoms with Crippen LogP contribution in [0.25, 0.3) is 0 Å². The summed E-state index contributed by atoms with van der Waals surface area (Å²) in [4.78, 5) is 1.67. The van der Waals surface area contributed by atoms with E-state index in [0.29, 0.717) is 12.1 Å². The molecule has 0 saturated heterocycles. The summed E-state index contributed by atoms with van der Waals surface area (Å²) in [6, 6.07) is 5.30. The monoisotopic (exact) mass is 196 g/mol. The van der Waals surface area contributed by atoms with Gasteiger partial charge in [-0.25, -0.2) is 8.78 Å². The van der Waals surface area contributed by atoms with Gasteiger partial charge in [-0.05, 0) is 24.7 Å².